The summed E-state index contributed by atoms with van der Waals surface area (Å²) in [5.74, 6) is 2.90. The standard InChI is InChI=1S/C20H22N6O2/c1-12-18(19-24-20(28-25-19)16-4-3-9-27-16)15-6-8-26(11-14(15)10-22-12)17-5-7-21-13(2)23-17/h5,7,10,16H,3-4,6,8-9,11H2,1-2H3/t16-/m0/s1. The molecule has 1 saturated heterocycles. The summed E-state index contributed by atoms with van der Waals surface area (Å²) in [5, 5.41) is 4.25. The first-order valence-corrected chi connectivity index (χ1v) is 9.66. The summed E-state index contributed by atoms with van der Waals surface area (Å²) >= 11 is 0. The lowest BCUT2D eigenvalue weighted by Gasteiger charge is -2.30. The predicted octanol–water partition coefficient (Wildman–Crippen LogP) is 2.95. The Balaban J connectivity index is 1.48. The number of ether oxygens (including phenoxy) is 1. The number of hydrogen-bond donors (Lipinski definition) is 0. The Morgan fingerprint density at radius 3 is 2.93 bits per heavy atom. The number of rotatable bonds is 3. The quantitative estimate of drug-likeness (QED) is 0.687. The van der Waals surface area contributed by atoms with Crippen LogP contribution in [0.15, 0.2) is 23.0 Å². The number of fused-ring (bicyclic) bond motifs is 1. The summed E-state index contributed by atoms with van der Waals surface area (Å²) < 4.78 is 11.2. The van der Waals surface area contributed by atoms with E-state index >= 15 is 0 Å². The third kappa shape index (κ3) is 3.03. The van der Waals surface area contributed by atoms with E-state index in [0.717, 1.165) is 61.9 Å². The van der Waals surface area contributed by atoms with E-state index in [2.05, 4.69) is 30.0 Å². The zero-order valence-electron chi connectivity index (χ0n) is 16.1. The van der Waals surface area contributed by atoms with Gasteiger partial charge in [-0.1, -0.05) is 5.16 Å². The summed E-state index contributed by atoms with van der Waals surface area (Å²) in [6.07, 6.45) is 6.51. The average molecular weight is 378 g/mol. The molecule has 2 aliphatic rings. The first-order chi connectivity index (χ1) is 13.7. The monoisotopic (exact) mass is 378 g/mol. The van der Waals surface area contributed by atoms with E-state index in [4.69, 9.17) is 9.26 Å². The van der Waals surface area contributed by atoms with Crippen LogP contribution in [0.25, 0.3) is 11.4 Å². The van der Waals surface area contributed by atoms with Crippen molar-refractivity contribution in [2.24, 2.45) is 0 Å². The van der Waals surface area contributed by atoms with E-state index < -0.39 is 0 Å². The molecule has 2 aliphatic heterocycles. The lowest BCUT2D eigenvalue weighted by molar-refractivity contribution is 0.0835. The van der Waals surface area contributed by atoms with Gasteiger partial charge in [0.25, 0.3) is 5.89 Å². The van der Waals surface area contributed by atoms with Crippen molar-refractivity contribution in [2.45, 2.75) is 45.8 Å². The van der Waals surface area contributed by atoms with Crippen molar-refractivity contribution in [2.75, 3.05) is 18.1 Å². The maximum Gasteiger partial charge on any atom is 0.256 e. The van der Waals surface area contributed by atoms with E-state index in [9.17, 15) is 0 Å². The van der Waals surface area contributed by atoms with E-state index in [1.54, 1.807) is 6.20 Å². The number of pyridine rings is 1. The van der Waals surface area contributed by atoms with Crippen LogP contribution in [0.4, 0.5) is 5.82 Å². The van der Waals surface area contributed by atoms with Gasteiger partial charge < -0.3 is 14.2 Å². The van der Waals surface area contributed by atoms with Gasteiger partial charge in [0.2, 0.25) is 5.82 Å². The van der Waals surface area contributed by atoms with Gasteiger partial charge in [0, 0.05) is 43.3 Å². The van der Waals surface area contributed by atoms with Crippen LogP contribution < -0.4 is 4.90 Å². The van der Waals surface area contributed by atoms with E-state index in [1.165, 1.54) is 11.1 Å². The highest BCUT2D eigenvalue weighted by atomic mass is 16.5. The first kappa shape index (κ1) is 17.2. The van der Waals surface area contributed by atoms with Crippen molar-refractivity contribution >= 4 is 5.82 Å². The molecule has 8 nitrogen and oxygen atoms in total. The molecule has 0 aromatic carbocycles. The molecule has 0 amide bonds. The number of hydrogen-bond acceptors (Lipinski definition) is 8. The average Bonchev–Trinajstić information content (AvgIpc) is 3.39. The highest BCUT2D eigenvalue weighted by molar-refractivity contribution is 5.65. The Kier molecular flexibility index (Phi) is 4.27. The molecule has 5 rings (SSSR count). The molecule has 3 aromatic rings. The number of aryl methyl sites for hydroxylation is 2. The maximum atomic E-state index is 5.67. The van der Waals surface area contributed by atoms with Gasteiger partial charge in [-0.2, -0.15) is 4.98 Å². The zero-order valence-corrected chi connectivity index (χ0v) is 16.1. The Bertz CT molecular complexity index is 1010. The predicted molar refractivity (Wildman–Crippen MR) is 102 cm³/mol. The Morgan fingerprint density at radius 1 is 1.18 bits per heavy atom. The van der Waals surface area contributed by atoms with Gasteiger partial charge in [-0.15, -0.1) is 0 Å². The molecular formula is C20H22N6O2. The van der Waals surface area contributed by atoms with Gasteiger partial charge in [0.05, 0.1) is 0 Å². The third-order valence-corrected chi connectivity index (χ3v) is 5.41. The molecule has 144 valence electrons. The molecule has 1 atom stereocenters. The maximum absolute atomic E-state index is 5.67. The van der Waals surface area contributed by atoms with Crippen molar-refractivity contribution in [1.29, 1.82) is 0 Å². The van der Waals surface area contributed by atoms with Crippen LogP contribution in [-0.4, -0.2) is 38.2 Å². The Hall–Kier alpha value is -2.87. The number of aromatic nitrogens is 5. The van der Waals surface area contributed by atoms with Gasteiger partial charge in [-0.05, 0) is 50.3 Å². The van der Waals surface area contributed by atoms with E-state index in [1.807, 2.05) is 26.1 Å². The van der Waals surface area contributed by atoms with Crippen molar-refractivity contribution in [3.05, 3.63) is 47.0 Å². The molecule has 0 aliphatic carbocycles. The van der Waals surface area contributed by atoms with Gasteiger partial charge in [0.15, 0.2) is 0 Å². The summed E-state index contributed by atoms with van der Waals surface area (Å²) in [4.78, 5) is 20.3. The van der Waals surface area contributed by atoms with Gasteiger partial charge in [0.1, 0.15) is 17.7 Å². The zero-order chi connectivity index (χ0) is 19.1. The molecule has 0 unspecified atom stereocenters. The van der Waals surface area contributed by atoms with Crippen LogP contribution in [0.1, 0.15) is 47.5 Å². The number of nitrogens with zero attached hydrogens (tertiary/aromatic N) is 6. The fourth-order valence-electron chi connectivity index (χ4n) is 4.00. The molecule has 5 heterocycles. The second-order valence-electron chi connectivity index (χ2n) is 7.31. The van der Waals surface area contributed by atoms with Crippen LogP contribution >= 0.6 is 0 Å². The van der Waals surface area contributed by atoms with Crippen molar-refractivity contribution in [3.63, 3.8) is 0 Å². The van der Waals surface area contributed by atoms with Crippen LogP contribution in [0.5, 0.6) is 0 Å². The van der Waals surface area contributed by atoms with Gasteiger partial charge in [-0.25, -0.2) is 9.97 Å². The molecule has 0 N–H and O–H groups in total. The fraction of sp³-hybridized carbons (Fsp3) is 0.450. The molecule has 0 bridgehead atoms. The molecule has 0 saturated carbocycles. The summed E-state index contributed by atoms with van der Waals surface area (Å²) in [7, 11) is 0. The molecular weight excluding hydrogens is 356 g/mol. The normalized spacial score (nSPS) is 19.1. The van der Waals surface area contributed by atoms with Crippen LogP contribution in [-0.2, 0) is 17.7 Å². The lowest BCUT2D eigenvalue weighted by atomic mass is 9.94. The minimum atomic E-state index is -0.0782. The minimum absolute atomic E-state index is 0.0782. The van der Waals surface area contributed by atoms with Crippen LogP contribution in [0, 0.1) is 13.8 Å². The van der Waals surface area contributed by atoms with Crippen LogP contribution in [0.3, 0.4) is 0 Å². The second kappa shape index (κ2) is 6.94. The first-order valence-electron chi connectivity index (χ1n) is 9.66. The van der Waals surface area contributed by atoms with E-state index in [-0.39, 0.29) is 6.10 Å². The van der Waals surface area contributed by atoms with Crippen molar-refractivity contribution < 1.29 is 9.26 Å². The largest absolute Gasteiger partial charge is 0.368 e. The molecule has 8 heteroatoms. The van der Waals surface area contributed by atoms with E-state index in [0.29, 0.717) is 11.7 Å². The lowest BCUT2D eigenvalue weighted by Crippen LogP contribution is -2.32. The molecule has 0 spiro atoms. The van der Waals surface area contributed by atoms with Crippen molar-refractivity contribution in [3.8, 4) is 11.4 Å². The van der Waals surface area contributed by atoms with Gasteiger partial charge >= 0.3 is 0 Å². The SMILES string of the molecule is Cc1nccc(N2CCc3c(cnc(C)c3-c3noc([C@@H]4CCCO4)n3)C2)n1. The highest BCUT2D eigenvalue weighted by Crippen LogP contribution is 2.34. The topological polar surface area (TPSA) is 90.1 Å². The van der Waals surface area contributed by atoms with Crippen molar-refractivity contribution in [1.82, 2.24) is 25.1 Å². The summed E-state index contributed by atoms with van der Waals surface area (Å²) in [5.41, 5.74) is 4.33. The Labute approximate surface area is 163 Å². The highest BCUT2D eigenvalue weighted by Gasteiger charge is 2.28. The molecule has 3 aromatic heterocycles. The second-order valence-corrected chi connectivity index (χ2v) is 7.31. The third-order valence-electron chi connectivity index (χ3n) is 5.41. The summed E-state index contributed by atoms with van der Waals surface area (Å²) in [6.45, 7) is 6.28. The molecule has 28 heavy (non-hydrogen) atoms. The minimum Gasteiger partial charge on any atom is -0.368 e. The number of anilines is 1. The molecule has 0 radical (unpaired) electrons. The van der Waals surface area contributed by atoms with Crippen LogP contribution in [0.2, 0.25) is 0 Å². The smallest absolute Gasteiger partial charge is 0.256 e. The fourth-order valence-corrected chi connectivity index (χ4v) is 4.00. The van der Waals surface area contributed by atoms with Gasteiger partial charge in [-0.3, -0.25) is 4.98 Å². The Morgan fingerprint density at radius 2 is 2.11 bits per heavy atom. The summed E-state index contributed by atoms with van der Waals surface area (Å²) in [6, 6.07) is 1.95. The molecule has 1 fully saturated rings.